The lowest BCUT2D eigenvalue weighted by atomic mass is 10.2. The van der Waals surface area contributed by atoms with E-state index in [1.807, 2.05) is 0 Å². The Bertz CT molecular complexity index is 675. The average Bonchev–Trinajstić information content (AvgIpc) is 2.70. The zero-order chi connectivity index (χ0) is 13.4. The number of aromatic nitrogens is 3. The molecule has 0 unspecified atom stereocenters. The minimum absolute atomic E-state index is 0.0327. The van der Waals surface area contributed by atoms with Gasteiger partial charge in [0, 0.05) is 24.6 Å². The molecule has 3 rings (SSSR count). The highest BCUT2D eigenvalue weighted by molar-refractivity contribution is 5.18. The van der Waals surface area contributed by atoms with Crippen molar-refractivity contribution in [2.45, 2.75) is 32.4 Å². The van der Waals surface area contributed by atoms with Crippen LogP contribution in [-0.4, -0.2) is 14.3 Å². The van der Waals surface area contributed by atoms with Crippen LogP contribution in [0.1, 0.15) is 24.2 Å². The van der Waals surface area contributed by atoms with Gasteiger partial charge in [-0.25, -0.2) is 18.3 Å². The first kappa shape index (κ1) is 12.1. The highest BCUT2D eigenvalue weighted by atomic mass is 19.1. The average molecular weight is 265 g/mol. The fourth-order valence-corrected chi connectivity index (χ4v) is 2.36. The van der Waals surface area contributed by atoms with E-state index < -0.39 is 11.6 Å². The van der Waals surface area contributed by atoms with Crippen molar-refractivity contribution in [1.29, 1.82) is 0 Å². The van der Waals surface area contributed by atoms with Gasteiger partial charge in [-0.3, -0.25) is 4.57 Å². The van der Waals surface area contributed by atoms with Crippen LogP contribution < -0.4 is 5.69 Å². The third-order valence-corrected chi connectivity index (χ3v) is 3.37. The van der Waals surface area contributed by atoms with Crippen LogP contribution in [0.3, 0.4) is 0 Å². The van der Waals surface area contributed by atoms with Gasteiger partial charge >= 0.3 is 5.69 Å². The summed E-state index contributed by atoms with van der Waals surface area (Å²) in [5.74, 6) is -0.533. The Hall–Kier alpha value is -1.98. The van der Waals surface area contributed by atoms with Gasteiger partial charge < -0.3 is 0 Å². The van der Waals surface area contributed by atoms with Crippen LogP contribution in [0.5, 0.6) is 0 Å². The van der Waals surface area contributed by atoms with Gasteiger partial charge in [-0.05, 0) is 18.9 Å². The summed E-state index contributed by atoms with van der Waals surface area (Å²) in [6, 6.07) is 3.34. The number of hydrogen-bond donors (Lipinski definition) is 0. The van der Waals surface area contributed by atoms with E-state index >= 15 is 0 Å². The topological polar surface area (TPSA) is 39.8 Å². The molecule has 1 aliphatic heterocycles. The predicted octanol–water partition coefficient (Wildman–Crippen LogP) is 1.71. The molecule has 1 aliphatic rings. The summed E-state index contributed by atoms with van der Waals surface area (Å²) in [6.45, 7) is 0.699. The van der Waals surface area contributed by atoms with Crippen molar-refractivity contribution in [1.82, 2.24) is 14.3 Å². The zero-order valence-electron chi connectivity index (χ0n) is 10.3. The summed E-state index contributed by atoms with van der Waals surface area (Å²) in [5.41, 5.74) is 0.0392. The quantitative estimate of drug-likeness (QED) is 0.829. The first-order valence-electron chi connectivity index (χ1n) is 6.25. The molecule has 0 aliphatic carbocycles. The maximum Gasteiger partial charge on any atom is 0.346 e. The van der Waals surface area contributed by atoms with Crippen LogP contribution in [0, 0.1) is 11.6 Å². The van der Waals surface area contributed by atoms with Gasteiger partial charge in [0.1, 0.15) is 17.5 Å². The first-order chi connectivity index (χ1) is 9.15. The minimum Gasteiger partial charge on any atom is -0.279 e. The molecule has 0 saturated heterocycles. The Kier molecular flexibility index (Phi) is 2.93. The van der Waals surface area contributed by atoms with E-state index in [-0.39, 0.29) is 17.8 Å². The molecule has 0 N–H and O–H groups in total. The van der Waals surface area contributed by atoms with Crippen molar-refractivity contribution in [3.63, 3.8) is 0 Å². The lowest BCUT2D eigenvalue weighted by Gasteiger charge is -2.09. The van der Waals surface area contributed by atoms with Gasteiger partial charge in [0.25, 0.3) is 0 Å². The largest absolute Gasteiger partial charge is 0.346 e. The molecule has 0 amide bonds. The summed E-state index contributed by atoms with van der Waals surface area (Å²) >= 11 is 0. The van der Waals surface area contributed by atoms with Crippen LogP contribution in [0.2, 0.25) is 0 Å². The number of fused-ring (bicyclic) bond motifs is 1. The van der Waals surface area contributed by atoms with Crippen molar-refractivity contribution in [2.75, 3.05) is 0 Å². The summed E-state index contributed by atoms with van der Waals surface area (Å²) in [6.07, 6.45) is 2.75. The fraction of sp³-hybridized carbons (Fsp3) is 0.385. The zero-order valence-corrected chi connectivity index (χ0v) is 10.3. The molecule has 0 spiro atoms. The van der Waals surface area contributed by atoms with Crippen molar-refractivity contribution in [2.24, 2.45) is 0 Å². The molecule has 100 valence electrons. The van der Waals surface area contributed by atoms with E-state index in [9.17, 15) is 13.6 Å². The standard InChI is InChI=1S/C13H13F2N3O/c14-10-5-4-9(11(15)7-10)8-18-13(19)17-6-2-1-3-12(17)16-18/h4-5,7H,1-3,6,8H2. The molecule has 1 aromatic heterocycles. The molecule has 0 radical (unpaired) electrons. The molecule has 2 aromatic rings. The van der Waals surface area contributed by atoms with Gasteiger partial charge in [0.05, 0.1) is 6.54 Å². The Labute approximate surface area is 108 Å². The van der Waals surface area contributed by atoms with Crippen LogP contribution in [0.15, 0.2) is 23.0 Å². The molecule has 1 aromatic carbocycles. The number of nitrogens with zero attached hydrogens (tertiary/aromatic N) is 3. The van der Waals surface area contributed by atoms with E-state index in [0.29, 0.717) is 6.54 Å². The number of aryl methyl sites for hydroxylation is 1. The molecule has 6 heteroatoms. The molecule has 2 heterocycles. The predicted molar refractivity (Wildman–Crippen MR) is 64.9 cm³/mol. The number of hydrogen-bond acceptors (Lipinski definition) is 2. The SMILES string of the molecule is O=c1n(Cc2ccc(F)cc2F)nc2n1CCCC2. The monoisotopic (exact) mass is 265 g/mol. The molecule has 0 saturated carbocycles. The maximum atomic E-state index is 13.6. The molecule has 0 atom stereocenters. The van der Waals surface area contributed by atoms with Gasteiger partial charge in [0.15, 0.2) is 0 Å². The second-order valence-corrected chi connectivity index (χ2v) is 4.70. The molecular formula is C13H13F2N3O. The Morgan fingerprint density at radius 1 is 1.26 bits per heavy atom. The first-order valence-corrected chi connectivity index (χ1v) is 6.25. The number of benzene rings is 1. The Morgan fingerprint density at radius 2 is 2.11 bits per heavy atom. The van der Waals surface area contributed by atoms with Crippen LogP contribution in [-0.2, 0) is 19.5 Å². The van der Waals surface area contributed by atoms with Crippen LogP contribution >= 0.6 is 0 Å². The van der Waals surface area contributed by atoms with Crippen molar-refractivity contribution >= 4 is 0 Å². The fourth-order valence-electron chi connectivity index (χ4n) is 2.36. The minimum atomic E-state index is -0.655. The summed E-state index contributed by atoms with van der Waals surface area (Å²) in [7, 11) is 0. The second-order valence-electron chi connectivity index (χ2n) is 4.70. The Morgan fingerprint density at radius 3 is 2.84 bits per heavy atom. The lowest BCUT2D eigenvalue weighted by Crippen LogP contribution is -2.27. The Balaban J connectivity index is 1.95. The molecule has 0 bridgehead atoms. The lowest BCUT2D eigenvalue weighted by molar-refractivity contribution is 0.511. The summed E-state index contributed by atoms with van der Waals surface area (Å²) in [4.78, 5) is 12.1. The normalized spacial score (nSPS) is 14.4. The van der Waals surface area contributed by atoms with Gasteiger partial charge in [-0.1, -0.05) is 6.07 Å². The summed E-state index contributed by atoms with van der Waals surface area (Å²) < 4.78 is 29.3. The second kappa shape index (κ2) is 4.60. The highest BCUT2D eigenvalue weighted by Gasteiger charge is 2.17. The van der Waals surface area contributed by atoms with E-state index in [1.165, 1.54) is 16.8 Å². The van der Waals surface area contributed by atoms with Crippen LogP contribution in [0.4, 0.5) is 8.78 Å². The number of rotatable bonds is 2. The van der Waals surface area contributed by atoms with Crippen molar-refractivity contribution in [3.05, 3.63) is 51.7 Å². The smallest absolute Gasteiger partial charge is 0.279 e. The summed E-state index contributed by atoms with van der Waals surface area (Å²) in [5, 5.41) is 4.22. The van der Waals surface area contributed by atoms with E-state index in [2.05, 4.69) is 5.10 Å². The molecular weight excluding hydrogens is 252 g/mol. The van der Waals surface area contributed by atoms with Gasteiger partial charge in [-0.2, -0.15) is 5.10 Å². The maximum absolute atomic E-state index is 13.6. The third-order valence-electron chi connectivity index (χ3n) is 3.37. The number of halogens is 2. The van der Waals surface area contributed by atoms with Crippen molar-refractivity contribution in [3.8, 4) is 0 Å². The van der Waals surface area contributed by atoms with E-state index in [1.54, 1.807) is 4.57 Å². The van der Waals surface area contributed by atoms with Gasteiger partial charge in [-0.15, -0.1) is 0 Å². The van der Waals surface area contributed by atoms with Crippen molar-refractivity contribution < 1.29 is 8.78 Å². The molecule has 4 nitrogen and oxygen atoms in total. The van der Waals surface area contributed by atoms with Gasteiger partial charge in [0.2, 0.25) is 0 Å². The highest BCUT2D eigenvalue weighted by Crippen LogP contribution is 2.12. The molecule has 0 fully saturated rings. The van der Waals surface area contributed by atoms with E-state index in [4.69, 9.17) is 0 Å². The van der Waals surface area contributed by atoms with Crippen LogP contribution in [0.25, 0.3) is 0 Å². The third kappa shape index (κ3) is 2.18. The van der Waals surface area contributed by atoms with E-state index in [0.717, 1.165) is 31.2 Å². The molecule has 19 heavy (non-hydrogen) atoms.